The predicted molar refractivity (Wildman–Crippen MR) is 126 cm³/mol. The van der Waals surface area contributed by atoms with Crippen LogP contribution in [0.3, 0.4) is 0 Å². The number of anilines is 1. The molecule has 1 aliphatic rings. The fourth-order valence-electron chi connectivity index (χ4n) is 3.43. The normalized spacial score (nSPS) is 14.3. The predicted octanol–water partition coefficient (Wildman–Crippen LogP) is 2.76. The molecular formula is C24H33N5O5. The van der Waals surface area contributed by atoms with Gasteiger partial charge in [-0.05, 0) is 39.3 Å². The number of amides is 3. The molecule has 10 heteroatoms. The Kier molecular flexibility index (Phi) is 8.50. The van der Waals surface area contributed by atoms with Crippen molar-refractivity contribution >= 4 is 23.6 Å². The number of carbonyl (C=O) groups is 3. The molecule has 2 heterocycles. The van der Waals surface area contributed by atoms with Gasteiger partial charge in [0.1, 0.15) is 17.9 Å². The largest absolute Gasteiger partial charge is 0.493 e. The summed E-state index contributed by atoms with van der Waals surface area (Å²) >= 11 is 0. The van der Waals surface area contributed by atoms with E-state index in [0.717, 1.165) is 0 Å². The Morgan fingerprint density at radius 1 is 1.03 bits per heavy atom. The zero-order valence-electron chi connectivity index (χ0n) is 20.0. The van der Waals surface area contributed by atoms with E-state index in [-0.39, 0.29) is 37.5 Å². The molecule has 2 aromatic rings. The number of hydrogen-bond donors (Lipinski definition) is 1. The van der Waals surface area contributed by atoms with Crippen LogP contribution >= 0.6 is 0 Å². The lowest BCUT2D eigenvalue weighted by Gasteiger charge is -2.26. The van der Waals surface area contributed by atoms with Crippen LogP contribution in [0.15, 0.2) is 42.7 Å². The van der Waals surface area contributed by atoms with E-state index in [1.54, 1.807) is 16.0 Å². The van der Waals surface area contributed by atoms with Crippen molar-refractivity contribution in [2.75, 3.05) is 38.1 Å². The van der Waals surface area contributed by atoms with E-state index >= 15 is 0 Å². The summed E-state index contributed by atoms with van der Waals surface area (Å²) in [6, 6.07) is 9.30. The molecule has 0 atom stereocenters. The van der Waals surface area contributed by atoms with Gasteiger partial charge in [-0.1, -0.05) is 18.2 Å². The average molecular weight is 472 g/mol. The molecule has 0 unspecified atom stereocenters. The Morgan fingerprint density at radius 3 is 2.47 bits per heavy atom. The lowest BCUT2D eigenvalue weighted by Crippen LogP contribution is -2.40. The SMILES string of the molecule is CC(C)(C)OC(=O)N1CCCN(C(=O)Cn2cc(NC(=O)CCOc3ccccc3)cn2)CC1. The van der Waals surface area contributed by atoms with Crippen molar-refractivity contribution < 1.29 is 23.9 Å². The first-order chi connectivity index (χ1) is 16.2. The summed E-state index contributed by atoms with van der Waals surface area (Å²) in [5.74, 6) is 0.421. The second-order valence-electron chi connectivity index (χ2n) is 9.09. The number of benzene rings is 1. The molecule has 0 radical (unpaired) electrons. The highest BCUT2D eigenvalue weighted by Crippen LogP contribution is 2.13. The molecule has 0 spiro atoms. The van der Waals surface area contributed by atoms with Gasteiger partial charge in [-0.2, -0.15) is 5.10 Å². The van der Waals surface area contributed by atoms with Gasteiger partial charge in [0.2, 0.25) is 11.8 Å². The molecule has 184 valence electrons. The van der Waals surface area contributed by atoms with Gasteiger partial charge in [0.25, 0.3) is 0 Å². The number of nitrogens with one attached hydrogen (secondary N) is 1. The fourth-order valence-corrected chi connectivity index (χ4v) is 3.43. The molecule has 3 rings (SSSR count). The Labute approximate surface area is 199 Å². The van der Waals surface area contributed by atoms with Crippen LogP contribution in [0.25, 0.3) is 0 Å². The highest BCUT2D eigenvalue weighted by Gasteiger charge is 2.26. The monoisotopic (exact) mass is 471 g/mol. The third-order valence-corrected chi connectivity index (χ3v) is 5.06. The van der Waals surface area contributed by atoms with Gasteiger partial charge in [0.05, 0.1) is 24.9 Å². The molecule has 1 saturated heterocycles. The summed E-state index contributed by atoms with van der Waals surface area (Å²) in [6.45, 7) is 7.77. The Bertz CT molecular complexity index is 970. The van der Waals surface area contributed by atoms with Crippen molar-refractivity contribution in [3.63, 3.8) is 0 Å². The van der Waals surface area contributed by atoms with Gasteiger partial charge >= 0.3 is 6.09 Å². The van der Waals surface area contributed by atoms with Crippen molar-refractivity contribution in [1.29, 1.82) is 0 Å². The maximum Gasteiger partial charge on any atom is 0.410 e. The molecule has 1 N–H and O–H groups in total. The molecule has 1 aliphatic heterocycles. The molecule has 1 aromatic heterocycles. The molecule has 10 nitrogen and oxygen atoms in total. The van der Waals surface area contributed by atoms with Crippen LogP contribution < -0.4 is 10.1 Å². The van der Waals surface area contributed by atoms with Gasteiger partial charge in [-0.3, -0.25) is 14.3 Å². The zero-order chi connectivity index (χ0) is 24.6. The van der Waals surface area contributed by atoms with Crippen molar-refractivity contribution in [2.45, 2.75) is 45.8 Å². The summed E-state index contributed by atoms with van der Waals surface area (Å²) in [7, 11) is 0. The fraction of sp³-hybridized carbons (Fsp3) is 0.500. The highest BCUT2D eigenvalue weighted by atomic mass is 16.6. The van der Waals surface area contributed by atoms with Crippen molar-refractivity contribution in [3.8, 4) is 5.75 Å². The minimum Gasteiger partial charge on any atom is -0.493 e. The first kappa shape index (κ1) is 25.1. The average Bonchev–Trinajstić information content (AvgIpc) is 3.05. The van der Waals surface area contributed by atoms with E-state index < -0.39 is 5.60 Å². The number of aromatic nitrogens is 2. The smallest absolute Gasteiger partial charge is 0.410 e. The molecule has 0 aliphatic carbocycles. The van der Waals surface area contributed by atoms with E-state index in [0.29, 0.717) is 44.0 Å². The zero-order valence-corrected chi connectivity index (χ0v) is 20.0. The maximum absolute atomic E-state index is 12.8. The Hall–Kier alpha value is -3.56. The summed E-state index contributed by atoms with van der Waals surface area (Å²) in [5, 5.41) is 6.94. The molecule has 0 saturated carbocycles. The number of nitrogens with zero attached hydrogens (tertiary/aromatic N) is 4. The Balaban J connectivity index is 1.42. The van der Waals surface area contributed by atoms with E-state index in [1.807, 2.05) is 51.1 Å². The molecule has 1 aromatic carbocycles. The summed E-state index contributed by atoms with van der Waals surface area (Å²) < 4.78 is 12.5. The second-order valence-corrected chi connectivity index (χ2v) is 9.09. The van der Waals surface area contributed by atoms with Crippen molar-refractivity contribution in [3.05, 3.63) is 42.7 Å². The van der Waals surface area contributed by atoms with Crippen LogP contribution in [0.5, 0.6) is 5.75 Å². The lowest BCUT2D eigenvalue weighted by atomic mass is 10.2. The molecule has 34 heavy (non-hydrogen) atoms. The lowest BCUT2D eigenvalue weighted by molar-refractivity contribution is -0.132. The summed E-state index contributed by atoms with van der Waals surface area (Å²) in [5.41, 5.74) is -0.0365. The van der Waals surface area contributed by atoms with E-state index in [1.165, 1.54) is 10.9 Å². The van der Waals surface area contributed by atoms with E-state index in [2.05, 4.69) is 10.4 Å². The molecular weight excluding hydrogens is 438 g/mol. The van der Waals surface area contributed by atoms with E-state index in [9.17, 15) is 14.4 Å². The minimum absolute atomic E-state index is 0.0550. The van der Waals surface area contributed by atoms with Crippen LogP contribution in [0.1, 0.15) is 33.6 Å². The maximum atomic E-state index is 12.8. The van der Waals surface area contributed by atoms with Gasteiger partial charge in [0, 0.05) is 32.4 Å². The molecule has 1 fully saturated rings. The van der Waals surface area contributed by atoms with E-state index in [4.69, 9.17) is 9.47 Å². The van der Waals surface area contributed by atoms with Crippen LogP contribution in [0, 0.1) is 0 Å². The summed E-state index contributed by atoms with van der Waals surface area (Å²) in [4.78, 5) is 40.6. The highest BCUT2D eigenvalue weighted by molar-refractivity contribution is 5.90. The second kappa shape index (κ2) is 11.5. The standard InChI is InChI=1S/C24H33N5O5/c1-24(2,3)34-23(32)28-12-7-11-27(13-14-28)22(31)18-29-17-19(16-25-29)26-21(30)10-15-33-20-8-5-4-6-9-20/h4-6,8-9,16-17H,7,10-15,18H2,1-3H3,(H,26,30). The third kappa shape index (κ3) is 8.09. The summed E-state index contributed by atoms with van der Waals surface area (Å²) in [6.07, 6.45) is 3.65. The van der Waals surface area contributed by atoms with Gasteiger partial charge < -0.3 is 24.6 Å². The molecule has 3 amide bonds. The number of carbonyl (C=O) groups excluding carboxylic acids is 3. The first-order valence-electron chi connectivity index (χ1n) is 11.5. The van der Waals surface area contributed by atoms with Crippen LogP contribution in [-0.4, -0.2) is 75.9 Å². The molecule has 0 bridgehead atoms. The number of para-hydroxylation sites is 1. The minimum atomic E-state index is -0.555. The van der Waals surface area contributed by atoms with Gasteiger partial charge in [-0.15, -0.1) is 0 Å². The third-order valence-electron chi connectivity index (χ3n) is 5.06. The van der Waals surface area contributed by atoms with Crippen LogP contribution in [-0.2, 0) is 20.9 Å². The quantitative estimate of drug-likeness (QED) is 0.666. The number of ether oxygens (including phenoxy) is 2. The van der Waals surface area contributed by atoms with Crippen molar-refractivity contribution in [2.24, 2.45) is 0 Å². The number of rotatable bonds is 7. The topological polar surface area (TPSA) is 106 Å². The first-order valence-corrected chi connectivity index (χ1v) is 11.5. The number of hydrogen-bond acceptors (Lipinski definition) is 6. The van der Waals surface area contributed by atoms with Crippen molar-refractivity contribution in [1.82, 2.24) is 19.6 Å². The van der Waals surface area contributed by atoms with Gasteiger partial charge in [-0.25, -0.2) is 4.79 Å². The van der Waals surface area contributed by atoms with Gasteiger partial charge in [0.15, 0.2) is 0 Å². The van der Waals surface area contributed by atoms with Crippen LogP contribution in [0.2, 0.25) is 0 Å². The Morgan fingerprint density at radius 2 is 1.74 bits per heavy atom. The van der Waals surface area contributed by atoms with Crippen LogP contribution in [0.4, 0.5) is 10.5 Å².